The van der Waals surface area contributed by atoms with Crippen LogP contribution in [-0.4, -0.2) is 38.3 Å². The fourth-order valence-corrected chi connectivity index (χ4v) is 4.45. The summed E-state index contributed by atoms with van der Waals surface area (Å²) in [5.74, 6) is 0. The number of rotatable bonds is 3. The molecule has 1 saturated heterocycles. The van der Waals surface area contributed by atoms with Crippen molar-refractivity contribution < 1.29 is 4.79 Å². The highest BCUT2D eigenvalue weighted by Crippen LogP contribution is 2.23. The number of fused-ring (bicyclic) bond motifs is 1. The highest BCUT2D eigenvalue weighted by molar-refractivity contribution is 7.15. The molecule has 0 saturated carbocycles. The van der Waals surface area contributed by atoms with E-state index < -0.39 is 0 Å². The first-order valence-electron chi connectivity index (χ1n) is 9.20. The molecule has 0 spiro atoms. The quantitative estimate of drug-likeness (QED) is 0.897. The molecule has 2 aliphatic rings. The molecule has 8 heteroatoms. The van der Waals surface area contributed by atoms with Crippen molar-refractivity contribution in [2.75, 3.05) is 11.9 Å². The number of urea groups is 1. The van der Waals surface area contributed by atoms with Crippen LogP contribution in [0.15, 0.2) is 17.1 Å². The van der Waals surface area contributed by atoms with Gasteiger partial charge in [-0.05, 0) is 51.0 Å². The van der Waals surface area contributed by atoms with Crippen molar-refractivity contribution >= 4 is 22.5 Å². The zero-order valence-electron chi connectivity index (χ0n) is 14.9. The molecular weight excluding hydrogens is 350 g/mol. The minimum atomic E-state index is -0.146. The van der Waals surface area contributed by atoms with Crippen molar-refractivity contribution in [2.45, 2.75) is 58.0 Å². The Labute approximate surface area is 156 Å². The third kappa shape index (κ3) is 3.51. The number of carbonyl (C=O) groups is 1. The maximum atomic E-state index is 12.6. The molecule has 2 aromatic heterocycles. The van der Waals surface area contributed by atoms with Gasteiger partial charge in [-0.1, -0.05) is 0 Å². The fraction of sp³-hybridized carbons (Fsp3) is 0.556. The number of thiazole rings is 1. The van der Waals surface area contributed by atoms with Gasteiger partial charge in [0.25, 0.3) is 5.56 Å². The number of aryl methyl sites for hydroxylation is 3. The summed E-state index contributed by atoms with van der Waals surface area (Å²) in [6.07, 6.45) is 7.72. The van der Waals surface area contributed by atoms with Crippen LogP contribution in [0.5, 0.6) is 0 Å². The lowest BCUT2D eigenvalue weighted by molar-refractivity contribution is 0.198. The van der Waals surface area contributed by atoms with E-state index in [1.165, 1.54) is 11.3 Å². The van der Waals surface area contributed by atoms with E-state index in [-0.39, 0.29) is 17.6 Å². The normalized spacial score (nSPS) is 19.4. The molecule has 1 unspecified atom stereocenters. The summed E-state index contributed by atoms with van der Waals surface area (Å²) in [6.45, 7) is 3.11. The molecule has 1 atom stereocenters. The largest absolute Gasteiger partial charge is 0.323 e. The van der Waals surface area contributed by atoms with Crippen LogP contribution >= 0.6 is 11.3 Å². The third-order valence-electron chi connectivity index (χ3n) is 5.13. The molecule has 1 aliphatic carbocycles. The number of nitrogens with one attached hydrogen (secondary N) is 1. The summed E-state index contributed by atoms with van der Waals surface area (Å²) in [7, 11) is 0. The molecule has 0 aromatic carbocycles. The van der Waals surface area contributed by atoms with Crippen LogP contribution in [0.4, 0.5) is 9.93 Å². The van der Waals surface area contributed by atoms with Crippen LogP contribution < -0.4 is 10.9 Å². The molecule has 1 fully saturated rings. The van der Waals surface area contributed by atoms with E-state index in [4.69, 9.17) is 0 Å². The summed E-state index contributed by atoms with van der Waals surface area (Å²) < 4.78 is 1.55. The van der Waals surface area contributed by atoms with E-state index in [2.05, 4.69) is 15.4 Å². The molecule has 4 rings (SSSR count). The van der Waals surface area contributed by atoms with Crippen LogP contribution in [0.3, 0.4) is 0 Å². The first kappa shape index (κ1) is 17.2. The maximum Gasteiger partial charge on any atom is 0.323 e. The number of carbonyl (C=O) groups excluding carboxylic acids is 1. The first-order chi connectivity index (χ1) is 12.6. The van der Waals surface area contributed by atoms with Crippen molar-refractivity contribution in [3.05, 3.63) is 38.8 Å². The molecule has 1 N–H and O–H groups in total. The Kier molecular flexibility index (Phi) is 4.76. The van der Waals surface area contributed by atoms with Crippen molar-refractivity contribution in [1.82, 2.24) is 19.7 Å². The van der Waals surface area contributed by atoms with Gasteiger partial charge < -0.3 is 4.90 Å². The highest BCUT2D eigenvalue weighted by Gasteiger charge is 2.30. The second-order valence-corrected chi connectivity index (χ2v) is 8.27. The highest BCUT2D eigenvalue weighted by atomic mass is 32.1. The van der Waals surface area contributed by atoms with Crippen LogP contribution in [0.25, 0.3) is 0 Å². The number of hydrogen-bond donors (Lipinski definition) is 1. The predicted molar refractivity (Wildman–Crippen MR) is 101 cm³/mol. The SMILES string of the molecule is Cc1cnc(NC(=O)N2CCCC2Cn2nc3c(cc2=O)CCCC3)s1. The lowest BCUT2D eigenvalue weighted by Gasteiger charge is -2.25. The van der Waals surface area contributed by atoms with Crippen molar-refractivity contribution in [3.8, 4) is 0 Å². The van der Waals surface area contributed by atoms with E-state index in [9.17, 15) is 9.59 Å². The van der Waals surface area contributed by atoms with Crippen LogP contribution in [0.1, 0.15) is 41.8 Å². The summed E-state index contributed by atoms with van der Waals surface area (Å²) >= 11 is 1.46. The average Bonchev–Trinajstić information content (AvgIpc) is 3.24. The Morgan fingerprint density at radius 2 is 2.19 bits per heavy atom. The average molecular weight is 373 g/mol. The van der Waals surface area contributed by atoms with E-state index in [0.29, 0.717) is 18.2 Å². The number of hydrogen-bond acceptors (Lipinski definition) is 5. The van der Waals surface area contributed by atoms with Gasteiger partial charge in [-0.2, -0.15) is 5.10 Å². The van der Waals surface area contributed by atoms with E-state index in [1.807, 2.05) is 11.8 Å². The summed E-state index contributed by atoms with van der Waals surface area (Å²) in [6, 6.07) is 1.58. The van der Waals surface area contributed by atoms with Crippen LogP contribution in [-0.2, 0) is 19.4 Å². The molecule has 26 heavy (non-hydrogen) atoms. The van der Waals surface area contributed by atoms with E-state index in [1.54, 1.807) is 16.9 Å². The van der Waals surface area contributed by atoms with Crippen molar-refractivity contribution in [2.24, 2.45) is 0 Å². The first-order valence-corrected chi connectivity index (χ1v) is 10.0. The maximum absolute atomic E-state index is 12.6. The van der Waals surface area contributed by atoms with Crippen LogP contribution in [0, 0.1) is 6.92 Å². The van der Waals surface area contributed by atoms with Gasteiger partial charge in [0.15, 0.2) is 5.13 Å². The number of amides is 2. The minimum absolute atomic E-state index is 0.0112. The van der Waals surface area contributed by atoms with Gasteiger partial charge in [0.1, 0.15) is 0 Å². The molecule has 0 radical (unpaired) electrons. The topological polar surface area (TPSA) is 80.1 Å². The summed E-state index contributed by atoms with van der Waals surface area (Å²) in [4.78, 5) is 32.1. The second-order valence-electron chi connectivity index (χ2n) is 7.04. The Morgan fingerprint density at radius 1 is 1.35 bits per heavy atom. The molecule has 0 bridgehead atoms. The standard InChI is InChI=1S/C18H23N5O2S/c1-12-10-19-17(26-12)20-18(25)22-8-4-6-14(22)11-23-16(24)9-13-5-2-3-7-15(13)21-23/h9-10,14H,2-8,11H2,1H3,(H,19,20,25). The Balaban J connectivity index is 1.48. The van der Waals surface area contributed by atoms with Gasteiger partial charge in [-0.15, -0.1) is 11.3 Å². The molecule has 138 valence electrons. The van der Waals surface area contributed by atoms with Crippen molar-refractivity contribution in [1.29, 1.82) is 0 Å². The second kappa shape index (κ2) is 7.19. The Hall–Kier alpha value is -2.22. The zero-order valence-corrected chi connectivity index (χ0v) is 15.7. The monoisotopic (exact) mass is 373 g/mol. The third-order valence-corrected chi connectivity index (χ3v) is 5.96. The lowest BCUT2D eigenvalue weighted by Crippen LogP contribution is -2.43. The van der Waals surface area contributed by atoms with Gasteiger partial charge >= 0.3 is 6.03 Å². The predicted octanol–water partition coefficient (Wildman–Crippen LogP) is 2.58. The molecular formula is C18H23N5O2S. The number of aromatic nitrogens is 3. The zero-order chi connectivity index (χ0) is 18.1. The van der Waals surface area contributed by atoms with Gasteiger partial charge in [-0.3, -0.25) is 10.1 Å². The van der Waals surface area contributed by atoms with E-state index in [0.717, 1.165) is 54.7 Å². The fourth-order valence-electron chi connectivity index (χ4n) is 3.80. The molecule has 2 aromatic rings. The van der Waals surface area contributed by atoms with Gasteiger partial charge in [0, 0.05) is 23.7 Å². The van der Waals surface area contributed by atoms with Crippen molar-refractivity contribution in [3.63, 3.8) is 0 Å². The van der Waals surface area contributed by atoms with Crippen LogP contribution in [0.2, 0.25) is 0 Å². The summed E-state index contributed by atoms with van der Waals surface area (Å²) in [5.41, 5.74) is 2.08. The Morgan fingerprint density at radius 3 is 3.00 bits per heavy atom. The Bertz CT molecular complexity index is 875. The minimum Gasteiger partial charge on any atom is -0.320 e. The smallest absolute Gasteiger partial charge is 0.320 e. The molecule has 7 nitrogen and oxygen atoms in total. The van der Waals surface area contributed by atoms with Gasteiger partial charge in [0.05, 0.1) is 18.3 Å². The number of likely N-dealkylation sites (tertiary alicyclic amines) is 1. The number of anilines is 1. The molecule has 2 amide bonds. The van der Waals surface area contributed by atoms with E-state index >= 15 is 0 Å². The molecule has 1 aliphatic heterocycles. The van der Waals surface area contributed by atoms with Gasteiger partial charge in [0.2, 0.25) is 0 Å². The lowest BCUT2D eigenvalue weighted by atomic mass is 9.97. The number of nitrogens with zero attached hydrogens (tertiary/aromatic N) is 4. The molecule has 3 heterocycles. The summed E-state index contributed by atoms with van der Waals surface area (Å²) in [5, 5.41) is 8.08. The van der Waals surface area contributed by atoms with Gasteiger partial charge in [-0.25, -0.2) is 14.5 Å².